The lowest BCUT2D eigenvalue weighted by Crippen LogP contribution is -2.34. The fraction of sp³-hybridized carbons (Fsp3) is 0.625. The Morgan fingerprint density at radius 3 is 2.70 bits per heavy atom. The molecule has 0 saturated heterocycles. The van der Waals surface area contributed by atoms with Crippen molar-refractivity contribution < 1.29 is 4.74 Å². The monoisotopic (exact) mass is 298 g/mol. The van der Waals surface area contributed by atoms with Crippen molar-refractivity contribution in [1.82, 2.24) is 5.32 Å². The van der Waals surface area contributed by atoms with Gasteiger partial charge in [-0.1, -0.05) is 30.7 Å². The first kappa shape index (κ1) is 17.3. The summed E-state index contributed by atoms with van der Waals surface area (Å²) in [5.41, 5.74) is 2.41. The van der Waals surface area contributed by atoms with E-state index in [1.165, 1.54) is 5.56 Å². The lowest BCUT2D eigenvalue weighted by molar-refractivity contribution is 0.199. The molecule has 0 amide bonds. The molecule has 0 aliphatic heterocycles. The van der Waals surface area contributed by atoms with Crippen LogP contribution >= 0.6 is 11.6 Å². The average Bonchev–Trinajstić information content (AvgIpc) is 2.46. The number of ether oxygens (including phenoxy) is 1. The van der Waals surface area contributed by atoms with Crippen molar-refractivity contribution in [3.8, 4) is 0 Å². The van der Waals surface area contributed by atoms with Gasteiger partial charge in [0.05, 0.1) is 17.3 Å². The van der Waals surface area contributed by atoms with Crippen LogP contribution in [0.2, 0.25) is 5.02 Å². The average molecular weight is 299 g/mol. The van der Waals surface area contributed by atoms with Crippen LogP contribution in [-0.2, 0) is 11.3 Å². The molecule has 20 heavy (non-hydrogen) atoms. The molecule has 4 heteroatoms. The van der Waals surface area contributed by atoms with Crippen molar-refractivity contribution in [2.45, 2.75) is 39.8 Å². The number of para-hydroxylation sites is 1. The van der Waals surface area contributed by atoms with Gasteiger partial charge in [-0.3, -0.25) is 0 Å². The summed E-state index contributed by atoms with van der Waals surface area (Å²) in [6.07, 6.45) is 1.11. The number of methoxy groups -OCH3 is 1. The number of hydrogen-bond acceptors (Lipinski definition) is 3. The number of nitrogens with one attached hydrogen (secondary N) is 1. The molecule has 0 saturated carbocycles. The number of anilines is 1. The second-order valence-corrected chi connectivity index (χ2v) is 5.37. The van der Waals surface area contributed by atoms with Gasteiger partial charge in [-0.25, -0.2) is 0 Å². The van der Waals surface area contributed by atoms with Gasteiger partial charge in [0, 0.05) is 32.8 Å². The van der Waals surface area contributed by atoms with Gasteiger partial charge in [-0.2, -0.15) is 0 Å². The Labute approximate surface area is 128 Å². The SMILES string of the molecule is CCC(C)N(CC)c1c(Cl)cccc1CNCCOC. The van der Waals surface area contributed by atoms with E-state index in [2.05, 4.69) is 37.1 Å². The maximum absolute atomic E-state index is 6.45. The zero-order valence-corrected chi connectivity index (χ0v) is 13.8. The van der Waals surface area contributed by atoms with E-state index in [1.54, 1.807) is 7.11 Å². The van der Waals surface area contributed by atoms with Crippen molar-refractivity contribution in [3.05, 3.63) is 28.8 Å². The second kappa shape index (κ2) is 9.22. The standard InChI is InChI=1S/C16H27ClN2O/c1-5-13(3)19(6-2)16-14(8-7-9-15(16)17)12-18-10-11-20-4/h7-9,13,18H,5-6,10-12H2,1-4H3. The topological polar surface area (TPSA) is 24.5 Å². The Morgan fingerprint density at radius 2 is 2.10 bits per heavy atom. The smallest absolute Gasteiger partial charge is 0.0643 e. The van der Waals surface area contributed by atoms with Crippen LogP contribution in [0.5, 0.6) is 0 Å². The summed E-state index contributed by atoms with van der Waals surface area (Å²) in [6, 6.07) is 6.62. The summed E-state index contributed by atoms with van der Waals surface area (Å²) in [7, 11) is 1.72. The summed E-state index contributed by atoms with van der Waals surface area (Å²) in [5.74, 6) is 0. The third-order valence-electron chi connectivity index (χ3n) is 3.62. The number of halogens is 1. The summed E-state index contributed by atoms with van der Waals surface area (Å²) in [4.78, 5) is 2.38. The molecule has 114 valence electrons. The summed E-state index contributed by atoms with van der Waals surface area (Å²) < 4.78 is 5.06. The third kappa shape index (κ3) is 4.65. The number of benzene rings is 1. The van der Waals surface area contributed by atoms with Gasteiger partial charge in [0.1, 0.15) is 0 Å². The Kier molecular flexibility index (Phi) is 7.97. The van der Waals surface area contributed by atoms with Gasteiger partial charge in [-0.05, 0) is 31.9 Å². The van der Waals surface area contributed by atoms with E-state index >= 15 is 0 Å². The van der Waals surface area contributed by atoms with Crippen LogP contribution in [0.25, 0.3) is 0 Å². The summed E-state index contributed by atoms with van der Waals surface area (Å²) in [6.45, 7) is 9.97. The maximum atomic E-state index is 6.45. The number of nitrogens with zero attached hydrogens (tertiary/aromatic N) is 1. The van der Waals surface area contributed by atoms with Gasteiger partial charge >= 0.3 is 0 Å². The van der Waals surface area contributed by atoms with Crippen molar-refractivity contribution in [2.75, 3.05) is 31.7 Å². The van der Waals surface area contributed by atoms with Crippen LogP contribution in [0.15, 0.2) is 18.2 Å². The molecule has 0 heterocycles. The summed E-state index contributed by atoms with van der Waals surface area (Å²) in [5, 5.41) is 4.23. The van der Waals surface area contributed by atoms with Gasteiger partial charge in [0.15, 0.2) is 0 Å². The number of rotatable bonds is 9. The fourth-order valence-corrected chi connectivity index (χ4v) is 2.63. The molecule has 1 unspecified atom stereocenters. The van der Waals surface area contributed by atoms with E-state index in [0.717, 1.165) is 43.4 Å². The first-order valence-electron chi connectivity index (χ1n) is 7.39. The quantitative estimate of drug-likeness (QED) is 0.704. The van der Waals surface area contributed by atoms with Gasteiger partial charge in [0.2, 0.25) is 0 Å². The normalized spacial score (nSPS) is 12.4. The molecule has 1 atom stereocenters. The Hall–Kier alpha value is -0.770. The molecule has 1 aromatic rings. The summed E-state index contributed by atoms with van der Waals surface area (Å²) >= 11 is 6.45. The first-order valence-corrected chi connectivity index (χ1v) is 7.77. The van der Waals surface area contributed by atoms with Crippen molar-refractivity contribution >= 4 is 17.3 Å². The molecule has 0 aromatic heterocycles. The molecular formula is C16H27ClN2O. The largest absolute Gasteiger partial charge is 0.383 e. The lowest BCUT2D eigenvalue weighted by atomic mass is 10.1. The maximum Gasteiger partial charge on any atom is 0.0643 e. The predicted octanol–water partition coefficient (Wildman–Crippen LogP) is 3.70. The lowest BCUT2D eigenvalue weighted by Gasteiger charge is -2.32. The minimum atomic E-state index is 0.484. The Bertz CT molecular complexity index is 398. The molecule has 0 spiro atoms. The van der Waals surface area contributed by atoms with Crippen molar-refractivity contribution in [3.63, 3.8) is 0 Å². The van der Waals surface area contributed by atoms with Crippen LogP contribution in [-0.4, -0.2) is 32.8 Å². The molecule has 0 bridgehead atoms. The van der Waals surface area contributed by atoms with Gasteiger partial charge in [-0.15, -0.1) is 0 Å². The van der Waals surface area contributed by atoms with Crippen LogP contribution in [0.4, 0.5) is 5.69 Å². The van der Waals surface area contributed by atoms with E-state index in [0.29, 0.717) is 6.04 Å². The van der Waals surface area contributed by atoms with Crippen molar-refractivity contribution in [2.24, 2.45) is 0 Å². The zero-order valence-electron chi connectivity index (χ0n) is 13.1. The van der Waals surface area contributed by atoms with Gasteiger partial charge < -0.3 is 15.0 Å². The second-order valence-electron chi connectivity index (χ2n) is 4.96. The van der Waals surface area contributed by atoms with Crippen LogP contribution in [0.3, 0.4) is 0 Å². The van der Waals surface area contributed by atoms with Crippen molar-refractivity contribution in [1.29, 1.82) is 0 Å². The minimum Gasteiger partial charge on any atom is -0.383 e. The third-order valence-corrected chi connectivity index (χ3v) is 3.92. The van der Waals surface area contributed by atoms with E-state index in [1.807, 2.05) is 12.1 Å². The first-order chi connectivity index (χ1) is 9.65. The molecule has 0 radical (unpaired) electrons. The van der Waals surface area contributed by atoms with Gasteiger partial charge in [0.25, 0.3) is 0 Å². The molecule has 1 N–H and O–H groups in total. The highest BCUT2D eigenvalue weighted by Crippen LogP contribution is 2.31. The minimum absolute atomic E-state index is 0.484. The molecule has 1 aromatic carbocycles. The van der Waals surface area contributed by atoms with E-state index in [-0.39, 0.29) is 0 Å². The molecule has 1 rings (SSSR count). The molecule has 3 nitrogen and oxygen atoms in total. The molecule has 0 aliphatic rings. The molecular weight excluding hydrogens is 272 g/mol. The van der Waals surface area contributed by atoms with E-state index in [4.69, 9.17) is 16.3 Å². The fourth-order valence-electron chi connectivity index (χ4n) is 2.33. The highest BCUT2D eigenvalue weighted by molar-refractivity contribution is 6.33. The number of hydrogen-bond donors (Lipinski definition) is 1. The highest BCUT2D eigenvalue weighted by atomic mass is 35.5. The zero-order chi connectivity index (χ0) is 15.0. The Morgan fingerprint density at radius 1 is 1.35 bits per heavy atom. The molecule has 0 aliphatic carbocycles. The van der Waals surface area contributed by atoms with Crippen LogP contribution < -0.4 is 10.2 Å². The van der Waals surface area contributed by atoms with E-state index < -0.39 is 0 Å². The van der Waals surface area contributed by atoms with Crippen LogP contribution in [0, 0.1) is 0 Å². The van der Waals surface area contributed by atoms with Crippen LogP contribution in [0.1, 0.15) is 32.8 Å². The Balaban J connectivity index is 2.91. The molecule has 0 fully saturated rings. The predicted molar refractivity (Wildman–Crippen MR) is 87.8 cm³/mol. The van der Waals surface area contributed by atoms with E-state index in [9.17, 15) is 0 Å². The highest BCUT2D eigenvalue weighted by Gasteiger charge is 2.17.